The molecule has 0 amide bonds. The van der Waals surface area contributed by atoms with E-state index < -0.39 is 0 Å². The van der Waals surface area contributed by atoms with Gasteiger partial charge in [0.2, 0.25) is 0 Å². The first kappa shape index (κ1) is 16.6. The second-order valence-electron chi connectivity index (χ2n) is 7.64. The lowest BCUT2D eigenvalue weighted by atomic mass is 9.87. The van der Waals surface area contributed by atoms with E-state index in [0.29, 0.717) is 6.04 Å². The Morgan fingerprint density at radius 3 is 2.67 bits per heavy atom. The number of rotatable bonds is 4. The van der Waals surface area contributed by atoms with Crippen LogP contribution in [0, 0.1) is 0 Å². The second kappa shape index (κ2) is 6.86. The Balaban J connectivity index is 1.46. The summed E-state index contributed by atoms with van der Waals surface area (Å²) in [5, 5.41) is 6.55. The first-order chi connectivity index (χ1) is 13.3. The van der Waals surface area contributed by atoms with Crippen molar-refractivity contribution in [3.63, 3.8) is 0 Å². The molecule has 0 saturated heterocycles. The number of benzene rings is 3. The van der Waals surface area contributed by atoms with E-state index in [1.807, 2.05) is 0 Å². The van der Waals surface area contributed by atoms with E-state index in [9.17, 15) is 0 Å². The molecule has 0 spiro atoms. The third-order valence-electron chi connectivity index (χ3n) is 6.08. The Labute approximate surface area is 160 Å². The Kier molecular flexibility index (Phi) is 4.21. The highest BCUT2D eigenvalue weighted by atomic mass is 15.0. The lowest BCUT2D eigenvalue weighted by molar-refractivity contribution is 0.459. The van der Waals surface area contributed by atoms with Crippen molar-refractivity contribution in [1.29, 1.82) is 0 Å². The third kappa shape index (κ3) is 2.85. The van der Waals surface area contributed by atoms with E-state index in [1.165, 1.54) is 57.8 Å². The molecule has 0 saturated carbocycles. The van der Waals surface area contributed by atoms with Crippen molar-refractivity contribution in [3.05, 3.63) is 83.4 Å². The number of fused-ring (bicyclic) bond motifs is 4. The molecule has 1 aromatic heterocycles. The number of hydrogen-bond acceptors (Lipinski definition) is 1. The maximum absolute atomic E-state index is 3.82. The quantitative estimate of drug-likeness (QED) is 0.477. The first-order valence-corrected chi connectivity index (χ1v) is 10.2. The van der Waals surface area contributed by atoms with Crippen LogP contribution in [0.5, 0.6) is 0 Å². The summed E-state index contributed by atoms with van der Waals surface area (Å²) in [6.45, 7) is 4.14. The van der Waals surface area contributed by atoms with E-state index in [1.54, 1.807) is 0 Å². The van der Waals surface area contributed by atoms with Gasteiger partial charge in [-0.3, -0.25) is 0 Å². The van der Waals surface area contributed by atoms with Crippen molar-refractivity contribution in [2.75, 3.05) is 0 Å². The fraction of sp³-hybridized carbons (Fsp3) is 0.280. The van der Waals surface area contributed by atoms with Crippen LogP contribution >= 0.6 is 0 Å². The van der Waals surface area contributed by atoms with Crippen molar-refractivity contribution in [2.24, 2.45) is 0 Å². The normalized spacial score (nSPS) is 16.7. The van der Waals surface area contributed by atoms with Gasteiger partial charge in [0, 0.05) is 40.9 Å². The van der Waals surface area contributed by atoms with Crippen molar-refractivity contribution < 1.29 is 0 Å². The first-order valence-electron chi connectivity index (χ1n) is 10.2. The average molecular weight is 354 g/mol. The fourth-order valence-electron chi connectivity index (χ4n) is 4.76. The molecular weight excluding hydrogens is 328 g/mol. The largest absolute Gasteiger partial charge is 0.341 e. The molecule has 0 unspecified atom stereocenters. The van der Waals surface area contributed by atoms with Gasteiger partial charge in [0.05, 0.1) is 0 Å². The van der Waals surface area contributed by atoms with Crippen LogP contribution < -0.4 is 5.32 Å². The van der Waals surface area contributed by atoms with Crippen LogP contribution in [0.25, 0.3) is 21.8 Å². The minimum atomic E-state index is 0.475. The number of para-hydroxylation sites is 1. The summed E-state index contributed by atoms with van der Waals surface area (Å²) in [6.07, 6.45) is 3.73. The number of nitrogens with one attached hydrogen (secondary N) is 1. The predicted octanol–water partition coefficient (Wildman–Crippen LogP) is 5.98. The summed E-state index contributed by atoms with van der Waals surface area (Å²) >= 11 is 0. The van der Waals surface area contributed by atoms with Gasteiger partial charge < -0.3 is 9.88 Å². The highest BCUT2D eigenvalue weighted by Gasteiger charge is 2.19. The Morgan fingerprint density at radius 1 is 0.926 bits per heavy atom. The molecule has 0 fully saturated rings. The topological polar surface area (TPSA) is 17.0 Å². The SMILES string of the molecule is CCn1c2ccccc2c2cc(CN[C@H]3CCCc4ccccc43)ccc21. The molecule has 1 aliphatic carbocycles. The molecule has 0 aliphatic heterocycles. The number of nitrogens with zero attached hydrogens (tertiary/aromatic N) is 1. The van der Waals surface area contributed by atoms with E-state index in [2.05, 4.69) is 83.5 Å². The van der Waals surface area contributed by atoms with Crippen LogP contribution in [0.15, 0.2) is 66.7 Å². The van der Waals surface area contributed by atoms with E-state index >= 15 is 0 Å². The van der Waals surface area contributed by atoms with Gasteiger partial charge in [0.25, 0.3) is 0 Å². The molecule has 4 aromatic rings. The molecule has 136 valence electrons. The van der Waals surface area contributed by atoms with Gasteiger partial charge in [-0.25, -0.2) is 0 Å². The lowest BCUT2D eigenvalue weighted by Crippen LogP contribution is -2.24. The molecule has 3 aromatic carbocycles. The number of aryl methyl sites for hydroxylation is 2. The fourth-order valence-corrected chi connectivity index (χ4v) is 4.76. The van der Waals surface area contributed by atoms with Crippen LogP contribution in [0.2, 0.25) is 0 Å². The average Bonchev–Trinajstić information content (AvgIpc) is 3.05. The van der Waals surface area contributed by atoms with E-state index in [4.69, 9.17) is 0 Å². The zero-order valence-electron chi connectivity index (χ0n) is 15.9. The maximum atomic E-state index is 3.82. The van der Waals surface area contributed by atoms with Crippen LogP contribution in [0.3, 0.4) is 0 Å². The van der Waals surface area contributed by atoms with Gasteiger partial charge in [-0.05, 0) is 61.1 Å². The summed E-state index contributed by atoms with van der Waals surface area (Å²) < 4.78 is 2.42. The number of hydrogen-bond donors (Lipinski definition) is 1. The molecule has 2 nitrogen and oxygen atoms in total. The summed E-state index contributed by atoms with van der Waals surface area (Å²) in [4.78, 5) is 0. The molecule has 0 bridgehead atoms. The van der Waals surface area contributed by atoms with E-state index in [0.717, 1.165) is 13.1 Å². The highest BCUT2D eigenvalue weighted by molar-refractivity contribution is 6.08. The monoisotopic (exact) mass is 354 g/mol. The van der Waals surface area contributed by atoms with E-state index in [-0.39, 0.29) is 0 Å². The van der Waals surface area contributed by atoms with Gasteiger partial charge in [-0.2, -0.15) is 0 Å². The van der Waals surface area contributed by atoms with Crippen molar-refractivity contribution >= 4 is 21.8 Å². The molecule has 1 heterocycles. The summed E-state index contributed by atoms with van der Waals surface area (Å²) in [5.41, 5.74) is 7.05. The zero-order chi connectivity index (χ0) is 18.2. The molecule has 1 atom stereocenters. The van der Waals surface area contributed by atoms with Crippen molar-refractivity contribution in [2.45, 2.75) is 45.3 Å². The molecule has 0 radical (unpaired) electrons. The predicted molar refractivity (Wildman–Crippen MR) is 114 cm³/mol. The van der Waals surface area contributed by atoms with Crippen LogP contribution in [0.1, 0.15) is 42.5 Å². The van der Waals surface area contributed by atoms with Gasteiger partial charge in [0.15, 0.2) is 0 Å². The minimum Gasteiger partial charge on any atom is -0.341 e. The Bertz CT molecular complexity index is 1110. The summed E-state index contributed by atoms with van der Waals surface area (Å²) in [5.74, 6) is 0. The molecule has 2 heteroatoms. The number of aromatic nitrogens is 1. The zero-order valence-corrected chi connectivity index (χ0v) is 15.9. The summed E-state index contributed by atoms with van der Waals surface area (Å²) in [6, 6.07) is 25.1. The van der Waals surface area contributed by atoms with Crippen LogP contribution in [-0.2, 0) is 19.5 Å². The highest BCUT2D eigenvalue weighted by Crippen LogP contribution is 2.31. The van der Waals surface area contributed by atoms with Crippen LogP contribution in [-0.4, -0.2) is 4.57 Å². The van der Waals surface area contributed by atoms with Gasteiger partial charge in [0.1, 0.15) is 0 Å². The van der Waals surface area contributed by atoms with Gasteiger partial charge in [-0.15, -0.1) is 0 Å². The summed E-state index contributed by atoms with van der Waals surface area (Å²) in [7, 11) is 0. The maximum Gasteiger partial charge on any atom is 0.0491 e. The minimum absolute atomic E-state index is 0.475. The third-order valence-corrected chi connectivity index (χ3v) is 6.08. The molecule has 1 N–H and O–H groups in total. The smallest absolute Gasteiger partial charge is 0.0491 e. The standard InChI is InChI=1S/C25H26N2/c1-2-27-24-13-6-5-11-21(24)22-16-18(14-15-25(22)27)17-26-23-12-7-9-19-8-3-4-10-20(19)23/h3-6,8,10-11,13-16,23,26H,2,7,9,12,17H2,1H3/t23-/m0/s1. The van der Waals surface area contributed by atoms with Crippen LogP contribution in [0.4, 0.5) is 0 Å². The molecule has 5 rings (SSSR count). The lowest BCUT2D eigenvalue weighted by Gasteiger charge is -2.26. The molecule has 1 aliphatic rings. The van der Waals surface area contributed by atoms with Crippen molar-refractivity contribution in [3.8, 4) is 0 Å². The Hall–Kier alpha value is -2.58. The van der Waals surface area contributed by atoms with Gasteiger partial charge >= 0.3 is 0 Å². The Morgan fingerprint density at radius 2 is 1.74 bits per heavy atom. The molecule has 27 heavy (non-hydrogen) atoms. The van der Waals surface area contributed by atoms with Crippen molar-refractivity contribution in [1.82, 2.24) is 9.88 Å². The second-order valence-corrected chi connectivity index (χ2v) is 7.64. The molecular formula is C25H26N2. The van der Waals surface area contributed by atoms with Gasteiger partial charge in [-0.1, -0.05) is 48.5 Å².